The van der Waals surface area contributed by atoms with Crippen molar-refractivity contribution in [2.45, 2.75) is 39.5 Å². The summed E-state index contributed by atoms with van der Waals surface area (Å²) in [5, 5.41) is 0. The average molecular weight is 138 g/mol. The fraction of sp³-hybridized carbons (Fsp3) is 0.800. The predicted molar refractivity (Wildman–Crippen MR) is 45.9 cm³/mol. The molecule has 0 N–H and O–H groups in total. The van der Waals surface area contributed by atoms with Gasteiger partial charge in [-0.25, -0.2) is 0 Å². The second kappa shape index (κ2) is 3.23. The van der Waals surface area contributed by atoms with Crippen LogP contribution in [0.4, 0.5) is 0 Å². The molecule has 10 heavy (non-hydrogen) atoms. The minimum atomic E-state index is 1.17. The molecule has 2 aliphatic carbocycles. The lowest BCUT2D eigenvalue weighted by Crippen LogP contribution is -1.64. The van der Waals surface area contributed by atoms with Crippen LogP contribution in [0.1, 0.15) is 39.5 Å². The highest BCUT2D eigenvalue weighted by atomic mass is 14.5. The highest BCUT2D eigenvalue weighted by Gasteiger charge is 2.40. The summed E-state index contributed by atoms with van der Waals surface area (Å²) >= 11 is 0. The molecule has 0 saturated heterocycles. The van der Waals surface area contributed by atoms with Gasteiger partial charge >= 0.3 is 0 Å². The zero-order valence-corrected chi connectivity index (χ0v) is 7.19. The summed E-state index contributed by atoms with van der Waals surface area (Å²) in [7, 11) is 0. The molecule has 0 nitrogen and oxygen atoms in total. The Labute approximate surface area is 64.3 Å². The Balaban J connectivity index is 0.000000112. The molecular formula is C10H18. The summed E-state index contributed by atoms with van der Waals surface area (Å²) in [5.41, 5.74) is 1.17. The van der Waals surface area contributed by atoms with Gasteiger partial charge in [-0.15, -0.1) is 6.58 Å². The summed E-state index contributed by atoms with van der Waals surface area (Å²) in [6, 6.07) is 0. The lowest BCUT2D eigenvalue weighted by atomic mass is 10.3. The first kappa shape index (κ1) is 7.84. The van der Waals surface area contributed by atoms with E-state index >= 15 is 0 Å². The van der Waals surface area contributed by atoms with Crippen LogP contribution in [-0.4, -0.2) is 0 Å². The van der Waals surface area contributed by atoms with Crippen LogP contribution in [0, 0.1) is 11.8 Å². The summed E-state index contributed by atoms with van der Waals surface area (Å²) in [4.78, 5) is 0. The number of fused-ring (bicyclic) bond motifs is 1. The molecule has 2 fully saturated rings. The van der Waals surface area contributed by atoms with E-state index in [-0.39, 0.29) is 0 Å². The van der Waals surface area contributed by atoms with Gasteiger partial charge in [0.05, 0.1) is 0 Å². The maximum Gasteiger partial charge on any atom is -0.0383 e. The molecule has 0 aromatic rings. The van der Waals surface area contributed by atoms with Gasteiger partial charge in [0.25, 0.3) is 0 Å². The van der Waals surface area contributed by atoms with Crippen molar-refractivity contribution in [1.82, 2.24) is 0 Å². The monoisotopic (exact) mass is 138 g/mol. The molecular weight excluding hydrogens is 120 g/mol. The first-order valence-corrected chi connectivity index (χ1v) is 4.32. The fourth-order valence-electron chi connectivity index (χ4n) is 1.66. The van der Waals surface area contributed by atoms with Gasteiger partial charge in [-0.3, -0.25) is 0 Å². The van der Waals surface area contributed by atoms with Crippen LogP contribution in [0.5, 0.6) is 0 Å². The largest absolute Gasteiger partial charge is 0.100 e. The smallest absolute Gasteiger partial charge is 0.0383 e. The summed E-state index contributed by atoms with van der Waals surface area (Å²) in [5.74, 6) is 2.43. The van der Waals surface area contributed by atoms with Crippen molar-refractivity contribution in [1.29, 1.82) is 0 Å². The van der Waals surface area contributed by atoms with Gasteiger partial charge in [0.15, 0.2) is 0 Å². The van der Waals surface area contributed by atoms with E-state index < -0.39 is 0 Å². The third-order valence-electron chi connectivity index (χ3n) is 2.22. The molecule has 2 atom stereocenters. The molecule has 0 aromatic carbocycles. The van der Waals surface area contributed by atoms with Crippen molar-refractivity contribution in [3.05, 3.63) is 12.2 Å². The molecule has 0 spiro atoms. The number of rotatable bonds is 0. The summed E-state index contributed by atoms with van der Waals surface area (Å²) in [6.45, 7) is 7.50. The van der Waals surface area contributed by atoms with Crippen LogP contribution in [-0.2, 0) is 0 Å². The van der Waals surface area contributed by atoms with Gasteiger partial charge in [-0.05, 0) is 32.1 Å². The van der Waals surface area contributed by atoms with E-state index in [1.165, 1.54) is 23.8 Å². The third kappa shape index (κ3) is 2.55. The van der Waals surface area contributed by atoms with Gasteiger partial charge in [0.1, 0.15) is 0 Å². The van der Waals surface area contributed by atoms with E-state index in [0.29, 0.717) is 0 Å². The molecule has 0 heteroatoms. The fourth-order valence-corrected chi connectivity index (χ4v) is 1.66. The standard InChI is InChI=1S/C6H10.C4H8/c1-2-5-4-6(5)3-1;1-4(2)3/h5-6H,1-4H2;1H2,2-3H3. The SMILES string of the molecule is C1CC2CC2C1.C=C(C)C. The molecule has 2 unspecified atom stereocenters. The molecule has 0 radical (unpaired) electrons. The number of hydrogen-bond acceptors (Lipinski definition) is 0. The Morgan fingerprint density at radius 1 is 1.20 bits per heavy atom. The maximum absolute atomic E-state index is 3.56. The Morgan fingerprint density at radius 2 is 1.60 bits per heavy atom. The first-order valence-electron chi connectivity index (χ1n) is 4.32. The van der Waals surface area contributed by atoms with Crippen molar-refractivity contribution < 1.29 is 0 Å². The molecule has 0 amide bonds. The van der Waals surface area contributed by atoms with Crippen LogP contribution in [0.2, 0.25) is 0 Å². The van der Waals surface area contributed by atoms with Crippen molar-refractivity contribution in [3.63, 3.8) is 0 Å². The Bertz CT molecular complexity index is 112. The van der Waals surface area contributed by atoms with E-state index in [2.05, 4.69) is 6.58 Å². The molecule has 2 rings (SSSR count). The van der Waals surface area contributed by atoms with Crippen LogP contribution in [0.15, 0.2) is 12.2 Å². The Kier molecular flexibility index (Phi) is 2.53. The normalized spacial score (nSPS) is 33.8. The van der Waals surface area contributed by atoms with E-state index in [0.717, 1.165) is 0 Å². The highest BCUT2D eigenvalue weighted by molar-refractivity contribution is 4.91. The van der Waals surface area contributed by atoms with Crippen LogP contribution in [0.3, 0.4) is 0 Å². The lowest BCUT2D eigenvalue weighted by Gasteiger charge is -1.80. The van der Waals surface area contributed by atoms with Gasteiger partial charge in [0, 0.05) is 0 Å². The van der Waals surface area contributed by atoms with Crippen LogP contribution in [0.25, 0.3) is 0 Å². The first-order chi connectivity index (χ1) is 4.70. The van der Waals surface area contributed by atoms with Crippen molar-refractivity contribution in [3.8, 4) is 0 Å². The number of allylic oxidation sites excluding steroid dienone is 1. The predicted octanol–water partition coefficient (Wildman–Crippen LogP) is 3.39. The van der Waals surface area contributed by atoms with Gasteiger partial charge in [-0.2, -0.15) is 0 Å². The maximum atomic E-state index is 3.56. The van der Waals surface area contributed by atoms with Crippen molar-refractivity contribution in [2.75, 3.05) is 0 Å². The molecule has 0 bridgehead atoms. The van der Waals surface area contributed by atoms with Gasteiger partial charge in [0.2, 0.25) is 0 Å². The average Bonchev–Trinajstić information content (AvgIpc) is 2.40. The molecule has 0 aliphatic heterocycles. The molecule has 0 heterocycles. The topological polar surface area (TPSA) is 0 Å². The van der Waals surface area contributed by atoms with Gasteiger partial charge < -0.3 is 0 Å². The minimum Gasteiger partial charge on any atom is -0.100 e. The van der Waals surface area contributed by atoms with E-state index in [1.807, 2.05) is 13.8 Å². The molecule has 2 aliphatic rings. The van der Waals surface area contributed by atoms with E-state index in [4.69, 9.17) is 0 Å². The summed E-state index contributed by atoms with van der Waals surface area (Å²) in [6.07, 6.45) is 6.24. The quantitative estimate of drug-likeness (QED) is 0.450. The van der Waals surface area contributed by atoms with E-state index in [9.17, 15) is 0 Å². The minimum absolute atomic E-state index is 1.17. The van der Waals surface area contributed by atoms with Crippen LogP contribution >= 0.6 is 0 Å². The second-order valence-electron chi connectivity index (χ2n) is 3.89. The lowest BCUT2D eigenvalue weighted by molar-refractivity contribution is 0.735. The zero-order chi connectivity index (χ0) is 7.56. The number of hydrogen-bond donors (Lipinski definition) is 0. The molecule has 2 saturated carbocycles. The van der Waals surface area contributed by atoms with Crippen LogP contribution < -0.4 is 0 Å². The Hall–Kier alpha value is -0.260. The van der Waals surface area contributed by atoms with Crippen molar-refractivity contribution >= 4 is 0 Å². The zero-order valence-electron chi connectivity index (χ0n) is 7.19. The van der Waals surface area contributed by atoms with Gasteiger partial charge in [-0.1, -0.05) is 24.8 Å². The third-order valence-corrected chi connectivity index (χ3v) is 2.22. The molecule has 58 valence electrons. The Morgan fingerprint density at radius 3 is 1.70 bits per heavy atom. The second-order valence-corrected chi connectivity index (χ2v) is 3.89. The highest BCUT2D eigenvalue weighted by Crippen LogP contribution is 2.51. The molecule has 0 aromatic heterocycles. The van der Waals surface area contributed by atoms with Crippen molar-refractivity contribution in [2.24, 2.45) is 11.8 Å². The summed E-state index contributed by atoms with van der Waals surface area (Å²) < 4.78 is 0. The van der Waals surface area contributed by atoms with E-state index in [1.54, 1.807) is 19.3 Å².